The first-order chi connectivity index (χ1) is 15.0. The summed E-state index contributed by atoms with van der Waals surface area (Å²) in [5.41, 5.74) is 5.15. The van der Waals surface area contributed by atoms with Crippen molar-refractivity contribution in [2.75, 3.05) is 12.4 Å². The molecule has 0 spiro atoms. The van der Waals surface area contributed by atoms with Crippen molar-refractivity contribution in [1.82, 2.24) is 4.90 Å². The van der Waals surface area contributed by atoms with E-state index in [0.29, 0.717) is 16.9 Å². The Morgan fingerprint density at radius 3 is 2.10 bits per heavy atom. The summed E-state index contributed by atoms with van der Waals surface area (Å²) in [6, 6.07) is 22.7. The fraction of sp³-hybridized carbons (Fsp3) is 0.154. The molecule has 0 atom stereocenters. The summed E-state index contributed by atoms with van der Waals surface area (Å²) in [5.74, 6) is 0.0378. The Hall–Kier alpha value is -3.86. The lowest BCUT2D eigenvalue weighted by Gasteiger charge is -2.15. The van der Waals surface area contributed by atoms with Gasteiger partial charge in [0.1, 0.15) is 11.4 Å². The van der Waals surface area contributed by atoms with Gasteiger partial charge in [0.05, 0.1) is 19.2 Å². The second-order valence-corrected chi connectivity index (χ2v) is 7.66. The molecule has 5 nitrogen and oxygen atoms in total. The van der Waals surface area contributed by atoms with E-state index in [9.17, 15) is 9.59 Å². The topological polar surface area (TPSA) is 58.6 Å². The van der Waals surface area contributed by atoms with Gasteiger partial charge in [-0.1, -0.05) is 48.5 Å². The highest BCUT2D eigenvalue weighted by Crippen LogP contribution is 2.32. The molecule has 2 amide bonds. The number of carbonyl (C=O) groups excluding carboxylic acids is 2. The SMILES string of the molecule is COc1ccc(C2=C(Nc3cc(C)cc(C)c3)C(=O)N(Cc3ccccc3)C2=O)cc1. The molecule has 1 aliphatic heterocycles. The number of hydrogen-bond donors (Lipinski definition) is 1. The van der Waals surface area contributed by atoms with Gasteiger partial charge in [0.2, 0.25) is 0 Å². The van der Waals surface area contributed by atoms with Crippen molar-refractivity contribution in [3.63, 3.8) is 0 Å². The molecule has 0 aliphatic carbocycles. The molecule has 3 aromatic carbocycles. The molecule has 0 fully saturated rings. The largest absolute Gasteiger partial charge is 0.497 e. The Morgan fingerprint density at radius 1 is 0.839 bits per heavy atom. The molecule has 0 aromatic heterocycles. The zero-order valence-electron chi connectivity index (χ0n) is 17.8. The number of amides is 2. The van der Waals surface area contributed by atoms with Gasteiger partial charge in [-0.25, -0.2) is 0 Å². The van der Waals surface area contributed by atoms with Gasteiger partial charge in [0.15, 0.2) is 0 Å². The van der Waals surface area contributed by atoms with Crippen LogP contribution in [0.3, 0.4) is 0 Å². The number of methoxy groups -OCH3 is 1. The number of rotatable bonds is 6. The van der Waals surface area contributed by atoms with E-state index >= 15 is 0 Å². The van der Waals surface area contributed by atoms with E-state index in [1.807, 2.05) is 56.3 Å². The fourth-order valence-corrected chi connectivity index (χ4v) is 3.82. The zero-order valence-corrected chi connectivity index (χ0v) is 17.8. The molecule has 4 rings (SSSR count). The zero-order chi connectivity index (χ0) is 22.0. The Morgan fingerprint density at radius 2 is 1.48 bits per heavy atom. The van der Waals surface area contributed by atoms with E-state index in [4.69, 9.17) is 4.74 Å². The first kappa shape index (κ1) is 20.4. The van der Waals surface area contributed by atoms with Gasteiger partial charge in [0.25, 0.3) is 11.8 Å². The summed E-state index contributed by atoms with van der Waals surface area (Å²) in [4.78, 5) is 28.0. The highest BCUT2D eigenvalue weighted by atomic mass is 16.5. The third-order valence-corrected chi connectivity index (χ3v) is 5.22. The number of nitrogens with zero attached hydrogens (tertiary/aromatic N) is 1. The van der Waals surface area contributed by atoms with Gasteiger partial charge in [-0.05, 0) is 60.4 Å². The van der Waals surface area contributed by atoms with E-state index in [-0.39, 0.29) is 24.1 Å². The molecular formula is C26H24N2O3. The molecule has 0 unspecified atom stereocenters. The molecule has 5 heteroatoms. The summed E-state index contributed by atoms with van der Waals surface area (Å²) in [6.45, 7) is 4.22. The molecule has 31 heavy (non-hydrogen) atoms. The normalized spacial score (nSPS) is 13.7. The van der Waals surface area contributed by atoms with Crippen molar-refractivity contribution in [1.29, 1.82) is 0 Å². The Labute approximate surface area is 182 Å². The van der Waals surface area contributed by atoms with Crippen molar-refractivity contribution in [2.24, 2.45) is 0 Å². The van der Waals surface area contributed by atoms with Gasteiger partial charge >= 0.3 is 0 Å². The highest BCUT2D eigenvalue weighted by molar-refractivity contribution is 6.36. The summed E-state index contributed by atoms with van der Waals surface area (Å²) in [5, 5.41) is 3.23. The van der Waals surface area contributed by atoms with Gasteiger partial charge in [-0.15, -0.1) is 0 Å². The number of anilines is 1. The van der Waals surface area contributed by atoms with Crippen LogP contribution in [-0.4, -0.2) is 23.8 Å². The molecule has 0 radical (unpaired) electrons. The number of imide groups is 1. The molecule has 0 saturated heterocycles. The van der Waals surface area contributed by atoms with Crippen LogP contribution < -0.4 is 10.1 Å². The van der Waals surface area contributed by atoms with Gasteiger partial charge < -0.3 is 10.1 Å². The lowest BCUT2D eigenvalue weighted by Crippen LogP contribution is -2.32. The van der Waals surface area contributed by atoms with Crippen LogP contribution >= 0.6 is 0 Å². The van der Waals surface area contributed by atoms with E-state index in [2.05, 4.69) is 11.4 Å². The molecule has 0 saturated carbocycles. The number of carbonyl (C=O) groups is 2. The number of aryl methyl sites for hydroxylation is 2. The van der Waals surface area contributed by atoms with Crippen LogP contribution in [0.2, 0.25) is 0 Å². The van der Waals surface area contributed by atoms with Gasteiger partial charge in [0, 0.05) is 5.69 Å². The Kier molecular flexibility index (Phi) is 5.58. The van der Waals surface area contributed by atoms with Crippen molar-refractivity contribution in [2.45, 2.75) is 20.4 Å². The van der Waals surface area contributed by atoms with Gasteiger partial charge in [-0.3, -0.25) is 14.5 Å². The third kappa shape index (κ3) is 4.21. The first-order valence-corrected chi connectivity index (χ1v) is 10.1. The van der Waals surface area contributed by atoms with Crippen LogP contribution in [0.15, 0.2) is 78.5 Å². The lowest BCUT2D eigenvalue weighted by atomic mass is 10.0. The molecule has 1 heterocycles. The van der Waals surface area contributed by atoms with E-state index in [1.165, 1.54) is 4.90 Å². The summed E-state index contributed by atoms with van der Waals surface area (Å²) >= 11 is 0. The molecule has 1 aliphatic rings. The highest BCUT2D eigenvalue weighted by Gasteiger charge is 2.39. The van der Waals surface area contributed by atoms with Crippen molar-refractivity contribution >= 4 is 23.1 Å². The number of nitrogens with one attached hydrogen (secondary N) is 1. The van der Waals surface area contributed by atoms with Crippen LogP contribution in [-0.2, 0) is 16.1 Å². The molecule has 156 valence electrons. The number of ether oxygens (including phenoxy) is 1. The number of benzene rings is 3. The Balaban J connectivity index is 1.76. The molecular weight excluding hydrogens is 388 g/mol. The average molecular weight is 412 g/mol. The summed E-state index contributed by atoms with van der Waals surface area (Å²) < 4.78 is 5.23. The predicted molar refractivity (Wildman–Crippen MR) is 121 cm³/mol. The van der Waals surface area contributed by atoms with Crippen LogP contribution in [0.4, 0.5) is 5.69 Å². The van der Waals surface area contributed by atoms with Crippen LogP contribution in [0.25, 0.3) is 5.57 Å². The summed E-state index contributed by atoms with van der Waals surface area (Å²) in [7, 11) is 1.59. The maximum absolute atomic E-state index is 13.4. The minimum atomic E-state index is -0.334. The second kappa shape index (κ2) is 8.48. The maximum Gasteiger partial charge on any atom is 0.278 e. The van der Waals surface area contributed by atoms with Crippen molar-refractivity contribution < 1.29 is 14.3 Å². The van der Waals surface area contributed by atoms with Crippen molar-refractivity contribution in [3.8, 4) is 5.75 Å². The lowest BCUT2D eigenvalue weighted by molar-refractivity contribution is -0.137. The second-order valence-electron chi connectivity index (χ2n) is 7.66. The smallest absolute Gasteiger partial charge is 0.278 e. The minimum Gasteiger partial charge on any atom is -0.497 e. The van der Waals surface area contributed by atoms with Crippen LogP contribution in [0.1, 0.15) is 22.3 Å². The van der Waals surface area contributed by atoms with E-state index < -0.39 is 0 Å². The van der Waals surface area contributed by atoms with E-state index in [1.54, 1.807) is 31.4 Å². The maximum atomic E-state index is 13.4. The average Bonchev–Trinajstić information content (AvgIpc) is 2.98. The minimum absolute atomic E-state index is 0.218. The van der Waals surface area contributed by atoms with Crippen LogP contribution in [0.5, 0.6) is 5.75 Å². The predicted octanol–water partition coefficient (Wildman–Crippen LogP) is 4.70. The monoisotopic (exact) mass is 412 g/mol. The molecule has 1 N–H and O–H groups in total. The van der Waals surface area contributed by atoms with E-state index in [0.717, 1.165) is 22.4 Å². The quantitative estimate of drug-likeness (QED) is 0.596. The van der Waals surface area contributed by atoms with Crippen molar-refractivity contribution in [3.05, 3.63) is 101 Å². The fourth-order valence-electron chi connectivity index (χ4n) is 3.82. The molecule has 0 bridgehead atoms. The first-order valence-electron chi connectivity index (χ1n) is 10.1. The Bertz CT molecular complexity index is 1140. The third-order valence-electron chi connectivity index (χ3n) is 5.22. The van der Waals surface area contributed by atoms with Crippen LogP contribution in [0, 0.1) is 13.8 Å². The number of hydrogen-bond acceptors (Lipinski definition) is 4. The molecule has 3 aromatic rings. The van der Waals surface area contributed by atoms with Gasteiger partial charge in [-0.2, -0.15) is 0 Å². The standard InChI is InChI=1S/C26H24N2O3/c1-17-13-18(2)15-21(14-17)27-24-23(20-9-11-22(31-3)12-10-20)25(29)28(26(24)30)16-19-7-5-4-6-8-19/h4-15,27H,16H2,1-3H3. The summed E-state index contributed by atoms with van der Waals surface area (Å²) in [6.07, 6.45) is 0.